The third kappa shape index (κ3) is 6.19. The molecule has 33 heavy (non-hydrogen) atoms. The largest absolute Gasteiger partial charge is 0.466 e. The summed E-state index contributed by atoms with van der Waals surface area (Å²) in [5.74, 6) is -0.960. The molecule has 3 rings (SSSR count). The monoisotopic (exact) mass is 477 g/mol. The van der Waals surface area contributed by atoms with Crippen LogP contribution in [0.15, 0.2) is 57.6 Å². The van der Waals surface area contributed by atoms with Gasteiger partial charge in [0.05, 0.1) is 29.5 Å². The summed E-state index contributed by atoms with van der Waals surface area (Å²) in [6.07, 6.45) is -2.03. The molecule has 0 saturated carbocycles. The van der Waals surface area contributed by atoms with Crippen molar-refractivity contribution in [2.45, 2.75) is 6.18 Å². The van der Waals surface area contributed by atoms with Crippen molar-refractivity contribution >= 4 is 40.8 Å². The zero-order valence-electron chi connectivity index (χ0n) is 17.7. The number of nitrogens with zero attached hydrogens (tertiary/aromatic N) is 4. The lowest BCUT2D eigenvalue weighted by Crippen LogP contribution is -2.19. The second kappa shape index (κ2) is 9.86. The minimum atomic E-state index is -4.49. The number of rotatable bonds is 5. The Bertz CT molecular complexity index is 1160. The van der Waals surface area contributed by atoms with Gasteiger partial charge in [0.25, 0.3) is 5.91 Å². The van der Waals surface area contributed by atoms with Crippen molar-refractivity contribution in [1.82, 2.24) is 10.3 Å². The van der Waals surface area contributed by atoms with Crippen LogP contribution in [-0.2, 0) is 20.5 Å². The zero-order chi connectivity index (χ0) is 24.2. The first-order valence-corrected chi connectivity index (χ1v) is 10.2. The van der Waals surface area contributed by atoms with E-state index in [9.17, 15) is 22.8 Å². The number of amidine groups is 1. The number of hydrogen-bond donors (Lipinski definition) is 1. The van der Waals surface area contributed by atoms with E-state index in [0.717, 1.165) is 30.0 Å². The molecule has 12 heteroatoms. The van der Waals surface area contributed by atoms with Gasteiger partial charge in [-0.25, -0.2) is 9.78 Å². The number of thioether (sulfide) groups is 1. The van der Waals surface area contributed by atoms with Gasteiger partial charge in [-0.05, 0) is 29.5 Å². The van der Waals surface area contributed by atoms with Gasteiger partial charge in [0.2, 0.25) is 0 Å². The molecule has 1 amide bonds. The van der Waals surface area contributed by atoms with Crippen molar-refractivity contribution in [3.05, 3.63) is 58.5 Å². The SMILES string of the molecule is COC(=O)/C=C1/S/C(=N\N=Cc2ccc(-c3cc(C(F)(F)F)cc(N(C)C)n3)cc2)NC1=O. The van der Waals surface area contributed by atoms with Gasteiger partial charge >= 0.3 is 12.1 Å². The smallest absolute Gasteiger partial charge is 0.416 e. The summed E-state index contributed by atoms with van der Waals surface area (Å²) in [6.45, 7) is 0. The lowest BCUT2D eigenvalue weighted by Gasteiger charge is -2.16. The van der Waals surface area contributed by atoms with Gasteiger partial charge < -0.3 is 9.64 Å². The highest BCUT2D eigenvalue weighted by molar-refractivity contribution is 8.18. The Morgan fingerprint density at radius 3 is 2.52 bits per heavy atom. The average Bonchev–Trinajstić information content (AvgIpc) is 3.12. The molecule has 8 nitrogen and oxygen atoms in total. The lowest BCUT2D eigenvalue weighted by molar-refractivity contribution is -0.137. The molecule has 0 aliphatic carbocycles. The Hall–Kier alpha value is -3.67. The van der Waals surface area contributed by atoms with E-state index < -0.39 is 23.6 Å². The molecule has 1 aromatic carbocycles. The van der Waals surface area contributed by atoms with Crippen molar-refractivity contribution in [2.24, 2.45) is 10.2 Å². The van der Waals surface area contributed by atoms with E-state index in [2.05, 4.69) is 25.2 Å². The van der Waals surface area contributed by atoms with Crippen LogP contribution in [0.2, 0.25) is 0 Å². The van der Waals surface area contributed by atoms with Gasteiger partial charge in [-0.1, -0.05) is 24.3 Å². The van der Waals surface area contributed by atoms with E-state index in [4.69, 9.17) is 0 Å². The van der Waals surface area contributed by atoms with Gasteiger partial charge in [0, 0.05) is 25.7 Å². The number of ether oxygens (including phenoxy) is 1. The molecule has 1 N–H and O–H groups in total. The van der Waals surface area contributed by atoms with Crippen LogP contribution in [0.5, 0.6) is 0 Å². The van der Waals surface area contributed by atoms with E-state index in [1.165, 1.54) is 18.2 Å². The van der Waals surface area contributed by atoms with Crippen molar-refractivity contribution in [1.29, 1.82) is 0 Å². The molecule has 1 aromatic heterocycles. The molecule has 0 radical (unpaired) electrons. The number of amides is 1. The number of methoxy groups -OCH3 is 1. The number of alkyl halides is 3. The normalized spacial score (nSPS) is 16.5. The maximum Gasteiger partial charge on any atom is 0.416 e. The van der Waals surface area contributed by atoms with Crippen LogP contribution in [0, 0.1) is 0 Å². The van der Waals surface area contributed by atoms with Crippen LogP contribution in [0.1, 0.15) is 11.1 Å². The topological polar surface area (TPSA) is 96.2 Å². The minimum absolute atomic E-state index is 0.130. The first-order valence-electron chi connectivity index (χ1n) is 9.33. The standard InChI is InChI=1S/C21H18F3N5O3S/c1-29(2)17-9-14(21(22,23)24)8-15(26-17)13-6-4-12(5-7-13)11-25-28-20-27-19(31)16(33-20)10-18(30)32-3/h4-11H,1-3H3,(H,27,28,31)/b16-10+,25-11?. The van der Waals surface area contributed by atoms with E-state index in [0.29, 0.717) is 11.1 Å². The highest BCUT2D eigenvalue weighted by Gasteiger charge is 2.32. The third-order valence-electron chi connectivity index (χ3n) is 4.26. The maximum absolute atomic E-state index is 13.3. The summed E-state index contributed by atoms with van der Waals surface area (Å²) in [5.41, 5.74) is 0.535. The molecule has 1 aliphatic heterocycles. The predicted molar refractivity (Wildman–Crippen MR) is 120 cm³/mol. The molecule has 0 bridgehead atoms. The first-order chi connectivity index (χ1) is 15.6. The molecular weight excluding hydrogens is 459 g/mol. The number of aromatic nitrogens is 1. The van der Waals surface area contributed by atoms with Crippen LogP contribution in [0.3, 0.4) is 0 Å². The fourth-order valence-corrected chi connectivity index (χ4v) is 3.32. The van der Waals surface area contributed by atoms with E-state index in [-0.39, 0.29) is 21.6 Å². The average molecular weight is 477 g/mol. The molecule has 2 heterocycles. The molecular formula is C21H18F3N5O3S. The molecule has 2 aromatic rings. The molecule has 0 atom stereocenters. The Labute approximate surface area is 191 Å². The van der Waals surface area contributed by atoms with Gasteiger partial charge in [0.1, 0.15) is 5.82 Å². The predicted octanol–water partition coefficient (Wildman–Crippen LogP) is 3.44. The summed E-state index contributed by atoms with van der Waals surface area (Å²) in [7, 11) is 4.44. The Morgan fingerprint density at radius 2 is 1.91 bits per heavy atom. The number of halogens is 3. The number of nitrogens with one attached hydrogen (secondary N) is 1. The summed E-state index contributed by atoms with van der Waals surface area (Å²) in [5, 5.41) is 10.4. The fourth-order valence-electron chi connectivity index (χ4n) is 2.59. The van der Waals surface area contributed by atoms with Crippen LogP contribution >= 0.6 is 11.8 Å². The second-order valence-corrected chi connectivity index (χ2v) is 7.88. The number of hydrogen-bond acceptors (Lipinski definition) is 8. The van der Waals surface area contributed by atoms with E-state index in [1.807, 2.05) is 0 Å². The number of carbonyl (C=O) groups excluding carboxylic acids is 2. The number of esters is 1. The molecule has 1 aliphatic rings. The Balaban J connectivity index is 1.76. The molecule has 1 saturated heterocycles. The van der Waals surface area contributed by atoms with Crippen molar-refractivity contribution < 1.29 is 27.5 Å². The lowest BCUT2D eigenvalue weighted by atomic mass is 10.1. The highest BCUT2D eigenvalue weighted by atomic mass is 32.2. The number of benzene rings is 1. The van der Waals surface area contributed by atoms with Crippen LogP contribution in [0.4, 0.5) is 19.0 Å². The number of pyridine rings is 1. The Kier molecular flexibility index (Phi) is 7.16. The fraction of sp³-hybridized carbons (Fsp3) is 0.190. The van der Waals surface area contributed by atoms with Gasteiger partial charge in [-0.15, -0.1) is 5.10 Å². The molecule has 172 valence electrons. The maximum atomic E-state index is 13.3. The zero-order valence-corrected chi connectivity index (χ0v) is 18.5. The van der Waals surface area contributed by atoms with Gasteiger partial charge in [-0.2, -0.15) is 18.3 Å². The van der Waals surface area contributed by atoms with E-state index in [1.54, 1.807) is 38.4 Å². The van der Waals surface area contributed by atoms with Crippen LogP contribution < -0.4 is 10.2 Å². The quantitative estimate of drug-likeness (QED) is 0.307. The van der Waals surface area contributed by atoms with Crippen LogP contribution in [0.25, 0.3) is 11.3 Å². The summed E-state index contributed by atoms with van der Waals surface area (Å²) >= 11 is 0.936. The number of anilines is 1. The minimum Gasteiger partial charge on any atom is -0.466 e. The molecule has 0 unspecified atom stereocenters. The second-order valence-electron chi connectivity index (χ2n) is 6.85. The molecule has 1 fully saturated rings. The van der Waals surface area contributed by atoms with Gasteiger partial charge in [-0.3, -0.25) is 10.1 Å². The molecule has 0 spiro atoms. The summed E-state index contributed by atoms with van der Waals surface area (Å²) < 4.78 is 44.2. The highest BCUT2D eigenvalue weighted by Crippen LogP contribution is 2.34. The van der Waals surface area contributed by atoms with Crippen LogP contribution in [-0.4, -0.2) is 49.4 Å². The Morgan fingerprint density at radius 1 is 1.21 bits per heavy atom. The van der Waals surface area contributed by atoms with Gasteiger partial charge in [0.15, 0.2) is 5.17 Å². The van der Waals surface area contributed by atoms with Crippen molar-refractivity contribution in [3.63, 3.8) is 0 Å². The first kappa shape index (κ1) is 24.0. The summed E-state index contributed by atoms with van der Waals surface area (Å²) in [6, 6.07) is 8.55. The van der Waals surface area contributed by atoms with E-state index >= 15 is 0 Å². The third-order valence-corrected chi connectivity index (χ3v) is 5.16. The number of carbonyl (C=O) groups is 2. The summed E-state index contributed by atoms with van der Waals surface area (Å²) in [4.78, 5) is 28.9. The van der Waals surface area contributed by atoms with Crippen molar-refractivity contribution in [2.75, 3.05) is 26.1 Å². The van der Waals surface area contributed by atoms with Crippen molar-refractivity contribution in [3.8, 4) is 11.3 Å².